The van der Waals surface area contributed by atoms with Gasteiger partial charge in [0.15, 0.2) is 0 Å². The first-order valence-electron chi connectivity index (χ1n) is 5.13. The van der Waals surface area contributed by atoms with Crippen molar-refractivity contribution >= 4 is 17.6 Å². The number of hydrogen-bond donors (Lipinski definition) is 2. The van der Waals surface area contributed by atoms with Gasteiger partial charge in [-0.1, -0.05) is 13.8 Å². The van der Waals surface area contributed by atoms with Gasteiger partial charge in [-0.05, 0) is 18.6 Å². The predicted molar refractivity (Wildman–Crippen MR) is 66.8 cm³/mol. The standard InChI is InChI=1S/C10H20N4S/c1-7(2)5-15-6-9-8(3)13-14(4)10(9)12-11/h7,12H,5-6,11H2,1-4H3. The molecular formula is C10H20N4S. The molecule has 0 saturated carbocycles. The van der Waals surface area contributed by atoms with Gasteiger partial charge < -0.3 is 5.43 Å². The topological polar surface area (TPSA) is 55.9 Å². The lowest BCUT2D eigenvalue weighted by molar-refractivity contribution is 0.750. The maximum absolute atomic E-state index is 5.48. The Bertz CT molecular complexity index is 319. The van der Waals surface area contributed by atoms with Gasteiger partial charge in [-0.3, -0.25) is 4.68 Å². The summed E-state index contributed by atoms with van der Waals surface area (Å²) in [5, 5.41) is 4.34. The number of thioether (sulfide) groups is 1. The molecule has 5 heteroatoms. The van der Waals surface area contributed by atoms with E-state index in [9.17, 15) is 0 Å². The molecule has 15 heavy (non-hydrogen) atoms. The minimum atomic E-state index is 0.723. The molecule has 0 radical (unpaired) electrons. The summed E-state index contributed by atoms with van der Waals surface area (Å²) < 4.78 is 1.79. The summed E-state index contributed by atoms with van der Waals surface area (Å²) in [6, 6.07) is 0. The highest BCUT2D eigenvalue weighted by molar-refractivity contribution is 7.98. The predicted octanol–water partition coefficient (Wildman–Crippen LogP) is 1.90. The second-order valence-corrected chi connectivity index (χ2v) is 5.12. The van der Waals surface area contributed by atoms with Crippen molar-refractivity contribution in [2.75, 3.05) is 11.2 Å². The maximum Gasteiger partial charge on any atom is 0.142 e. The van der Waals surface area contributed by atoms with E-state index in [0.717, 1.165) is 23.2 Å². The van der Waals surface area contributed by atoms with E-state index in [2.05, 4.69) is 24.4 Å². The number of nitrogens with two attached hydrogens (primary N) is 1. The van der Waals surface area contributed by atoms with Crippen LogP contribution in [0.5, 0.6) is 0 Å². The van der Waals surface area contributed by atoms with E-state index < -0.39 is 0 Å². The molecule has 0 fully saturated rings. The molecule has 1 aromatic rings. The molecule has 0 spiro atoms. The van der Waals surface area contributed by atoms with E-state index in [0.29, 0.717) is 0 Å². The number of nitrogens with one attached hydrogen (secondary N) is 1. The fraction of sp³-hybridized carbons (Fsp3) is 0.700. The molecular weight excluding hydrogens is 208 g/mol. The van der Waals surface area contributed by atoms with Crippen LogP contribution in [0.2, 0.25) is 0 Å². The van der Waals surface area contributed by atoms with Gasteiger partial charge in [0.1, 0.15) is 5.82 Å². The number of nitrogens with zero attached hydrogens (tertiary/aromatic N) is 2. The first-order valence-corrected chi connectivity index (χ1v) is 6.28. The lowest BCUT2D eigenvalue weighted by Crippen LogP contribution is -2.12. The zero-order valence-corrected chi connectivity index (χ0v) is 10.7. The number of aryl methyl sites for hydroxylation is 2. The molecule has 4 nitrogen and oxygen atoms in total. The fourth-order valence-corrected chi connectivity index (χ4v) is 2.59. The van der Waals surface area contributed by atoms with Crippen molar-refractivity contribution in [2.45, 2.75) is 26.5 Å². The number of aromatic nitrogens is 2. The summed E-state index contributed by atoms with van der Waals surface area (Å²) >= 11 is 1.92. The lowest BCUT2D eigenvalue weighted by Gasteiger charge is -2.06. The Morgan fingerprint density at radius 3 is 2.73 bits per heavy atom. The highest BCUT2D eigenvalue weighted by Crippen LogP contribution is 2.24. The number of rotatable bonds is 5. The van der Waals surface area contributed by atoms with Crippen molar-refractivity contribution in [3.63, 3.8) is 0 Å². The van der Waals surface area contributed by atoms with Crippen LogP contribution in [0.3, 0.4) is 0 Å². The first kappa shape index (κ1) is 12.4. The third-order valence-electron chi connectivity index (χ3n) is 2.18. The second-order valence-electron chi connectivity index (χ2n) is 4.09. The van der Waals surface area contributed by atoms with Gasteiger partial charge in [0.2, 0.25) is 0 Å². The van der Waals surface area contributed by atoms with Gasteiger partial charge >= 0.3 is 0 Å². The molecule has 3 N–H and O–H groups in total. The monoisotopic (exact) mass is 228 g/mol. The van der Waals surface area contributed by atoms with Crippen LogP contribution in [0.25, 0.3) is 0 Å². The largest absolute Gasteiger partial charge is 0.308 e. The number of hydrazine groups is 1. The van der Waals surface area contributed by atoms with Crippen LogP contribution in [-0.2, 0) is 12.8 Å². The average Bonchev–Trinajstić information content (AvgIpc) is 2.41. The van der Waals surface area contributed by atoms with E-state index >= 15 is 0 Å². The van der Waals surface area contributed by atoms with Gasteiger partial charge in [0.05, 0.1) is 5.69 Å². The minimum absolute atomic E-state index is 0.723. The van der Waals surface area contributed by atoms with Crippen LogP contribution >= 0.6 is 11.8 Å². The molecule has 0 atom stereocenters. The summed E-state index contributed by atoms with van der Waals surface area (Å²) in [7, 11) is 1.90. The molecule has 86 valence electrons. The molecule has 0 aliphatic heterocycles. The van der Waals surface area contributed by atoms with Crippen LogP contribution in [-0.4, -0.2) is 15.5 Å². The number of hydrogen-bond acceptors (Lipinski definition) is 4. The van der Waals surface area contributed by atoms with Gasteiger partial charge in [-0.15, -0.1) is 0 Å². The third-order valence-corrected chi connectivity index (χ3v) is 3.58. The van der Waals surface area contributed by atoms with Crippen molar-refractivity contribution in [1.82, 2.24) is 9.78 Å². The lowest BCUT2D eigenvalue weighted by atomic mass is 10.3. The maximum atomic E-state index is 5.48. The summed E-state index contributed by atoms with van der Waals surface area (Å²) in [6.07, 6.45) is 0. The van der Waals surface area contributed by atoms with E-state index in [1.54, 1.807) is 4.68 Å². The van der Waals surface area contributed by atoms with Gasteiger partial charge in [-0.25, -0.2) is 5.84 Å². The van der Waals surface area contributed by atoms with Crippen molar-refractivity contribution in [1.29, 1.82) is 0 Å². The Balaban J connectivity index is 2.67. The van der Waals surface area contributed by atoms with Crippen LogP contribution < -0.4 is 11.3 Å². The molecule has 1 aromatic heterocycles. The summed E-state index contributed by atoms with van der Waals surface area (Å²) in [4.78, 5) is 0. The number of nitrogen functional groups attached to an aromatic ring is 1. The van der Waals surface area contributed by atoms with Gasteiger partial charge in [-0.2, -0.15) is 16.9 Å². The molecule has 0 aromatic carbocycles. The molecule has 0 amide bonds. The van der Waals surface area contributed by atoms with E-state index in [1.165, 1.54) is 11.3 Å². The molecule has 0 unspecified atom stereocenters. The van der Waals surface area contributed by atoms with Crippen LogP contribution in [0.15, 0.2) is 0 Å². The Kier molecular flexibility index (Phi) is 4.47. The zero-order chi connectivity index (χ0) is 11.4. The first-order chi connectivity index (χ1) is 7.06. The normalized spacial score (nSPS) is 11.1. The third kappa shape index (κ3) is 3.14. The summed E-state index contributed by atoms with van der Waals surface area (Å²) in [6.45, 7) is 6.47. The Morgan fingerprint density at radius 1 is 1.53 bits per heavy atom. The highest BCUT2D eigenvalue weighted by Gasteiger charge is 2.11. The Hall–Kier alpha value is -0.680. The second kappa shape index (κ2) is 5.42. The molecule has 0 aliphatic rings. The van der Waals surface area contributed by atoms with Crippen LogP contribution in [0.1, 0.15) is 25.1 Å². The zero-order valence-electron chi connectivity index (χ0n) is 9.87. The summed E-state index contributed by atoms with van der Waals surface area (Å²) in [5.74, 6) is 9.25. The molecule has 1 rings (SSSR count). The fourth-order valence-electron chi connectivity index (χ4n) is 1.45. The van der Waals surface area contributed by atoms with Crippen LogP contribution in [0, 0.1) is 12.8 Å². The molecule has 1 heterocycles. The number of anilines is 1. The van der Waals surface area contributed by atoms with Crippen molar-refractivity contribution < 1.29 is 0 Å². The van der Waals surface area contributed by atoms with E-state index in [-0.39, 0.29) is 0 Å². The van der Waals surface area contributed by atoms with Crippen molar-refractivity contribution in [3.8, 4) is 0 Å². The SMILES string of the molecule is Cc1nn(C)c(NN)c1CSCC(C)C. The average molecular weight is 228 g/mol. The Labute approximate surface area is 95.6 Å². The van der Waals surface area contributed by atoms with E-state index in [1.807, 2.05) is 25.7 Å². The highest BCUT2D eigenvalue weighted by atomic mass is 32.2. The van der Waals surface area contributed by atoms with Gasteiger partial charge in [0.25, 0.3) is 0 Å². The molecule has 0 saturated heterocycles. The van der Waals surface area contributed by atoms with Gasteiger partial charge in [0, 0.05) is 18.4 Å². The smallest absolute Gasteiger partial charge is 0.142 e. The van der Waals surface area contributed by atoms with Crippen molar-refractivity contribution in [3.05, 3.63) is 11.3 Å². The molecule has 0 aliphatic carbocycles. The van der Waals surface area contributed by atoms with E-state index in [4.69, 9.17) is 5.84 Å². The van der Waals surface area contributed by atoms with Crippen molar-refractivity contribution in [2.24, 2.45) is 18.8 Å². The quantitative estimate of drug-likeness (QED) is 0.597. The Morgan fingerprint density at radius 2 is 2.20 bits per heavy atom. The molecule has 0 bridgehead atoms. The summed E-state index contributed by atoms with van der Waals surface area (Å²) in [5.41, 5.74) is 4.98. The van der Waals surface area contributed by atoms with Crippen LogP contribution in [0.4, 0.5) is 5.82 Å². The minimum Gasteiger partial charge on any atom is -0.308 e.